The van der Waals surface area contributed by atoms with Crippen LogP contribution in [0.15, 0.2) is 12.1 Å². The quantitative estimate of drug-likeness (QED) is 0.864. The summed E-state index contributed by atoms with van der Waals surface area (Å²) in [7, 11) is 2.23. The van der Waals surface area contributed by atoms with Gasteiger partial charge < -0.3 is 10.2 Å². The van der Waals surface area contributed by atoms with Crippen LogP contribution < -0.4 is 10.2 Å². The van der Waals surface area contributed by atoms with E-state index >= 15 is 0 Å². The maximum absolute atomic E-state index is 4.87. The summed E-state index contributed by atoms with van der Waals surface area (Å²) in [5.41, 5.74) is 2.56. The summed E-state index contributed by atoms with van der Waals surface area (Å²) in [6, 6.07) is 5.15. The van der Waals surface area contributed by atoms with Crippen molar-refractivity contribution < 1.29 is 0 Å². The van der Waals surface area contributed by atoms with Crippen LogP contribution in [-0.4, -0.2) is 24.6 Å². The van der Waals surface area contributed by atoms with Crippen molar-refractivity contribution in [3.05, 3.63) is 23.4 Å². The van der Waals surface area contributed by atoms with Crippen LogP contribution >= 0.6 is 0 Å². The Hall–Kier alpha value is -1.09. The molecule has 2 rings (SSSR count). The molecule has 1 aliphatic carbocycles. The molecule has 21 heavy (non-hydrogen) atoms. The number of nitrogens with zero attached hydrogens (tertiary/aromatic N) is 2. The zero-order chi connectivity index (χ0) is 15.2. The normalized spacial score (nSPS) is 22.3. The van der Waals surface area contributed by atoms with E-state index in [1.54, 1.807) is 0 Å². The first kappa shape index (κ1) is 16.3. The fourth-order valence-electron chi connectivity index (χ4n) is 3.41. The first-order valence-electron chi connectivity index (χ1n) is 8.59. The lowest BCUT2D eigenvalue weighted by molar-refractivity contribution is 0.320. The molecule has 1 fully saturated rings. The summed E-state index contributed by atoms with van der Waals surface area (Å²) in [6.07, 6.45) is 6.41. The van der Waals surface area contributed by atoms with Crippen molar-refractivity contribution in [2.24, 2.45) is 5.92 Å². The molecule has 0 spiro atoms. The van der Waals surface area contributed by atoms with Crippen molar-refractivity contribution in [3.8, 4) is 0 Å². The Kier molecular flexibility index (Phi) is 6.04. The van der Waals surface area contributed by atoms with Crippen LogP contribution in [0, 0.1) is 5.92 Å². The second kappa shape index (κ2) is 7.79. The van der Waals surface area contributed by atoms with Crippen LogP contribution in [0.2, 0.25) is 0 Å². The second-order valence-corrected chi connectivity index (χ2v) is 6.40. The van der Waals surface area contributed by atoms with Gasteiger partial charge in [-0.2, -0.15) is 0 Å². The molecule has 0 bridgehead atoms. The number of pyridine rings is 1. The second-order valence-electron chi connectivity index (χ2n) is 6.40. The molecule has 3 nitrogen and oxygen atoms in total. The Morgan fingerprint density at radius 2 is 2.00 bits per heavy atom. The fourth-order valence-corrected chi connectivity index (χ4v) is 3.41. The maximum atomic E-state index is 4.87. The van der Waals surface area contributed by atoms with E-state index in [1.807, 2.05) is 0 Å². The molecule has 0 amide bonds. The summed E-state index contributed by atoms with van der Waals surface area (Å²) in [6.45, 7) is 8.68. The molecular weight excluding hydrogens is 258 g/mol. The van der Waals surface area contributed by atoms with Gasteiger partial charge in [0.2, 0.25) is 0 Å². The molecule has 0 aliphatic heterocycles. The molecule has 1 heterocycles. The lowest BCUT2D eigenvalue weighted by Gasteiger charge is -2.37. The van der Waals surface area contributed by atoms with Crippen molar-refractivity contribution in [1.82, 2.24) is 10.3 Å². The van der Waals surface area contributed by atoms with Gasteiger partial charge in [-0.1, -0.05) is 33.6 Å². The Morgan fingerprint density at radius 3 is 2.67 bits per heavy atom. The average molecular weight is 289 g/mol. The number of rotatable bonds is 6. The van der Waals surface area contributed by atoms with E-state index in [9.17, 15) is 0 Å². The molecule has 2 atom stereocenters. The highest BCUT2D eigenvalue weighted by molar-refractivity contribution is 5.43. The Morgan fingerprint density at radius 1 is 1.24 bits per heavy atom. The Labute approximate surface area is 130 Å². The van der Waals surface area contributed by atoms with Gasteiger partial charge in [0.15, 0.2) is 0 Å². The van der Waals surface area contributed by atoms with Crippen LogP contribution in [0.25, 0.3) is 0 Å². The number of aromatic nitrogens is 1. The van der Waals surface area contributed by atoms with E-state index in [4.69, 9.17) is 4.98 Å². The number of aryl methyl sites for hydroxylation is 1. The first-order valence-corrected chi connectivity index (χ1v) is 8.59. The van der Waals surface area contributed by atoms with E-state index in [2.05, 4.69) is 50.2 Å². The Balaban J connectivity index is 2.19. The van der Waals surface area contributed by atoms with E-state index < -0.39 is 0 Å². The van der Waals surface area contributed by atoms with Crippen LogP contribution in [0.5, 0.6) is 0 Å². The average Bonchev–Trinajstić information content (AvgIpc) is 2.52. The third kappa shape index (κ3) is 4.19. The zero-order valence-corrected chi connectivity index (χ0v) is 14.2. The van der Waals surface area contributed by atoms with Gasteiger partial charge >= 0.3 is 0 Å². The molecule has 118 valence electrons. The molecule has 0 radical (unpaired) electrons. The van der Waals surface area contributed by atoms with Gasteiger partial charge in [-0.05, 0) is 49.4 Å². The minimum absolute atomic E-state index is 0.644. The SMILES string of the molecule is CCNCc1cc(CC)nc(N(C)C2CCCCC2C)c1. The van der Waals surface area contributed by atoms with E-state index in [0.29, 0.717) is 6.04 Å². The summed E-state index contributed by atoms with van der Waals surface area (Å²) in [5, 5.41) is 3.42. The molecular formula is C18H31N3. The molecule has 0 aromatic carbocycles. The summed E-state index contributed by atoms with van der Waals surface area (Å²) >= 11 is 0. The summed E-state index contributed by atoms with van der Waals surface area (Å²) in [4.78, 5) is 7.30. The third-order valence-electron chi connectivity index (χ3n) is 4.79. The molecule has 0 saturated heterocycles. The van der Waals surface area contributed by atoms with Gasteiger partial charge in [0.05, 0.1) is 0 Å². The lowest BCUT2D eigenvalue weighted by atomic mass is 9.85. The van der Waals surface area contributed by atoms with Gasteiger partial charge in [-0.3, -0.25) is 0 Å². The predicted molar refractivity (Wildman–Crippen MR) is 90.8 cm³/mol. The first-order chi connectivity index (χ1) is 10.2. The van der Waals surface area contributed by atoms with Crippen LogP contribution in [0.4, 0.5) is 5.82 Å². The van der Waals surface area contributed by atoms with E-state index in [0.717, 1.165) is 31.2 Å². The molecule has 1 aromatic heterocycles. The number of anilines is 1. The molecule has 2 unspecified atom stereocenters. The largest absolute Gasteiger partial charge is 0.356 e. The van der Waals surface area contributed by atoms with Gasteiger partial charge in [0.1, 0.15) is 5.82 Å². The fraction of sp³-hybridized carbons (Fsp3) is 0.722. The minimum atomic E-state index is 0.644. The summed E-state index contributed by atoms with van der Waals surface area (Å²) in [5.74, 6) is 1.93. The van der Waals surface area contributed by atoms with E-state index in [1.165, 1.54) is 36.9 Å². The molecule has 1 aromatic rings. The van der Waals surface area contributed by atoms with Crippen molar-refractivity contribution in [1.29, 1.82) is 0 Å². The highest BCUT2D eigenvalue weighted by atomic mass is 15.2. The highest BCUT2D eigenvalue weighted by Gasteiger charge is 2.26. The smallest absolute Gasteiger partial charge is 0.129 e. The van der Waals surface area contributed by atoms with Gasteiger partial charge in [0, 0.05) is 25.3 Å². The van der Waals surface area contributed by atoms with Gasteiger partial charge in [-0.15, -0.1) is 0 Å². The topological polar surface area (TPSA) is 28.2 Å². The standard InChI is InChI=1S/C18H31N3/c1-5-16-11-15(13-19-6-2)12-18(20-16)21(4)17-10-8-7-9-14(17)3/h11-12,14,17,19H,5-10,13H2,1-4H3. The third-order valence-corrected chi connectivity index (χ3v) is 4.79. The molecule has 3 heteroatoms. The minimum Gasteiger partial charge on any atom is -0.356 e. The number of hydrogen-bond donors (Lipinski definition) is 1. The van der Waals surface area contributed by atoms with Crippen LogP contribution in [0.3, 0.4) is 0 Å². The van der Waals surface area contributed by atoms with E-state index in [-0.39, 0.29) is 0 Å². The molecule has 1 saturated carbocycles. The molecule has 1 aliphatic rings. The lowest BCUT2D eigenvalue weighted by Crippen LogP contribution is -2.39. The maximum Gasteiger partial charge on any atom is 0.129 e. The number of hydrogen-bond acceptors (Lipinski definition) is 3. The zero-order valence-electron chi connectivity index (χ0n) is 14.2. The monoisotopic (exact) mass is 289 g/mol. The highest BCUT2D eigenvalue weighted by Crippen LogP contribution is 2.30. The van der Waals surface area contributed by atoms with Gasteiger partial charge in [-0.25, -0.2) is 4.98 Å². The van der Waals surface area contributed by atoms with Crippen molar-refractivity contribution in [2.45, 2.75) is 65.5 Å². The van der Waals surface area contributed by atoms with Crippen molar-refractivity contribution in [2.75, 3.05) is 18.5 Å². The van der Waals surface area contributed by atoms with Crippen LogP contribution in [-0.2, 0) is 13.0 Å². The Bertz CT molecular complexity index is 444. The predicted octanol–water partition coefficient (Wildman–Crippen LogP) is 3.77. The van der Waals surface area contributed by atoms with Crippen molar-refractivity contribution >= 4 is 5.82 Å². The van der Waals surface area contributed by atoms with Crippen molar-refractivity contribution in [3.63, 3.8) is 0 Å². The van der Waals surface area contributed by atoms with Crippen LogP contribution in [0.1, 0.15) is 57.7 Å². The number of nitrogens with one attached hydrogen (secondary N) is 1. The molecule has 1 N–H and O–H groups in total. The van der Waals surface area contributed by atoms with Gasteiger partial charge in [0.25, 0.3) is 0 Å². The summed E-state index contributed by atoms with van der Waals surface area (Å²) < 4.78 is 0.